The van der Waals surface area contributed by atoms with E-state index >= 15 is 0 Å². The number of benzene rings is 4. The van der Waals surface area contributed by atoms with Gasteiger partial charge in [0.2, 0.25) is 0 Å². The number of hydrogen-bond acceptors (Lipinski definition) is 2. The molecule has 7 heteroatoms. The molecule has 0 aromatic heterocycles. The molecule has 4 aromatic carbocycles. The van der Waals surface area contributed by atoms with Crippen LogP contribution in [0, 0.1) is 18.6 Å². The summed E-state index contributed by atoms with van der Waals surface area (Å²) < 4.78 is 40.8. The Morgan fingerprint density at radius 1 is 1.00 bits per heavy atom. The van der Waals surface area contributed by atoms with E-state index in [9.17, 15) is 13.0 Å². The van der Waals surface area contributed by atoms with Crippen molar-refractivity contribution in [1.29, 1.82) is 0 Å². The van der Waals surface area contributed by atoms with Gasteiger partial charge in [-0.1, -0.05) is 48.9 Å². The topological polar surface area (TPSA) is 54.4 Å². The molecule has 0 aliphatic rings. The van der Waals surface area contributed by atoms with Gasteiger partial charge in [0.1, 0.15) is 16.5 Å². The van der Waals surface area contributed by atoms with Gasteiger partial charge in [0.05, 0.1) is 10.8 Å². The monoisotopic (exact) mass is 486 g/mol. The molecule has 33 heavy (non-hydrogen) atoms. The van der Waals surface area contributed by atoms with Gasteiger partial charge in [-0.3, -0.25) is 4.79 Å². The van der Waals surface area contributed by atoms with Crippen molar-refractivity contribution < 1.29 is 22.9 Å². The maximum Gasteiger partial charge on any atom is 0.290 e. The van der Waals surface area contributed by atoms with E-state index in [1.807, 2.05) is 30.3 Å². The Kier molecular flexibility index (Phi) is 7.95. The first-order valence-corrected chi connectivity index (χ1v) is 11.6. The Hall–Kier alpha value is -3.09. The number of carboxylic acid groups (broad SMARTS) is 1. The van der Waals surface area contributed by atoms with Gasteiger partial charge in [-0.15, -0.1) is 0 Å². The molecule has 0 radical (unpaired) electrons. The van der Waals surface area contributed by atoms with Crippen LogP contribution in [0.4, 0.5) is 8.78 Å². The first-order valence-electron chi connectivity index (χ1n) is 10.1. The van der Waals surface area contributed by atoms with E-state index < -0.39 is 27.3 Å². The highest BCUT2D eigenvalue weighted by Crippen LogP contribution is 2.36. The molecule has 0 fully saturated rings. The second kappa shape index (κ2) is 10.7. The van der Waals surface area contributed by atoms with Crippen LogP contribution in [-0.4, -0.2) is 15.8 Å². The molecule has 4 rings (SSSR count). The van der Waals surface area contributed by atoms with E-state index in [1.54, 1.807) is 12.1 Å². The first kappa shape index (κ1) is 24.6. The maximum absolute atomic E-state index is 14.0. The van der Waals surface area contributed by atoms with Crippen molar-refractivity contribution in [2.24, 2.45) is 0 Å². The summed E-state index contributed by atoms with van der Waals surface area (Å²) in [5.74, 6) is -1.63. The van der Waals surface area contributed by atoms with E-state index in [1.165, 1.54) is 11.6 Å². The van der Waals surface area contributed by atoms with E-state index in [-0.39, 0.29) is 6.47 Å². The van der Waals surface area contributed by atoms with Gasteiger partial charge in [-0.25, -0.2) is 13.0 Å². The van der Waals surface area contributed by atoms with Crippen molar-refractivity contribution in [2.75, 3.05) is 0 Å². The van der Waals surface area contributed by atoms with Gasteiger partial charge >= 0.3 is 0 Å². The van der Waals surface area contributed by atoms with Crippen LogP contribution < -0.4 is 0 Å². The lowest BCUT2D eigenvalue weighted by Crippen LogP contribution is -2.00. The summed E-state index contributed by atoms with van der Waals surface area (Å²) in [6.45, 7) is 3.94. The normalized spacial score (nSPS) is 11.5. The van der Waals surface area contributed by atoms with Gasteiger partial charge in [0.15, 0.2) is 0 Å². The van der Waals surface area contributed by atoms with Crippen LogP contribution in [0.5, 0.6) is 0 Å². The van der Waals surface area contributed by atoms with Gasteiger partial charge in [0, 0.05) is 9.92 Å². The summed E-state index contributed by atoms with van der Waals surface area (Å²) in [7, 11) is -1.95. The highest BCUT2D eigenvalue weighted by molar-refractivity contribution is 7.85. The van der Waals surface area contributed by atoms with Crippen LogP contribution >= 0.6 is 11.6 Å². The number of rotatable bonds is 4. The predicted octanol–water partition coefficient (Wildman–Crippen LogP) is 7.18. The minimum atomic E-state index is -1.95. The van der Waals surface area contributed by atoms with Gasteiger partial charge in [-0.2, -0.15) is 0 Å². The standard InChI is InChI=1S/C25H19ClF2OS.CH2O2/c1-3-16-13-18-7-10-19(26)14-21(18)24(15(16)2)17-8-11-20(12-9-17)30(29)25-22(27)5-4-6-23(25)28;2-1-3/h4-14H,3H2,1-2H3;1H,(H,2,3). The van der Waals surface area contributed by atoms with Crippen molar-refractivity contribution in [3.63, 3.8) is 0 Å². The Morgan fingerprint density at radius 2 is 1.61 bits per heavy atom. The smallest absolute Gasteiger partial charge is 0.290 e. The minimum absolute atomic E-state index is 0.250. The van der Waals surface area contributed by atoms with Gasteiger partial charge in [-0.05, 0) is 82.8 Å². The third kappa shape index (κ3) is 5.13. The lowest BCUT2D eigenvalue weighted by Gasteiger charge is -2.16. The highest BCUT2D eigenvalue weighted by atomic mass is 35.5. The zero-order valence-corrected chi connectivity index (χ0v) is 19.5. The second-order valence-electron chi connectivity index (χ2n) is 7.20. The molecule has 0 saturated heterocycles. The summed E-state index contributed by atoms with van der Waals surface area (Å²) in [4.78, 5) is 8.28. The zero-order valence-electron chi connectivity index (χ0n) is 17.9. The third-order valence-corrected chi connectivity index (χ3v) is 7.01. The Labute approximate surface area is 198 Å². The molecule has 4 aromatic rings. The van der Waals surface area contributed by atoms with Crippen LogP contribution in [0.2, 0.25) is 5.02 Å². The van der Waals surface area contributed by atoms with Crippen molar-refractivity contribution in [3.8, 4) is 11.1 Å². The molecule has 1 N–H and O–H groups in total. The predicted molar refractivity (Wildman–Crippen MR) is 128 cm³/mol. The van der Waals surface area contributed by atoms with Crippen LogP contribution in [0.25, 0.3) is 21.9 Å². The molecule has 1 unspecified atom stereocenters. The summed E-state index contributed by atoms with van der Waals surface area (Å²) >= 11 is 6.26. The molecule has 3 nitrogen and oxygen atoms in total. The second-order valence-corrected chi connectivity index (χ2v) is 9.06. The average Bonchev–Trinajstić information content (AvgIpc) is 2.79. The largest absolute Gasteiger partial charge is 0.483 e. The molecular weight excluding hydrogens is 466 g/mol. The van der Waals surface area contributed by atoms with Crippen molar-refractivity contribution in [3.05, 3.63) is 94.5 Å². The maximum atomic E-state index is 14.0. The summed E-state index contributed by atoms with van der Waals surface area (Å²) in [5.41, 5.74) is 4.38. The number of halogens is 3. The molecule has 0 bridgehead atoms. The van der Waals surface area contributed by atoms with Gasteiger partial charge in [0.25, 0.3) is 6.47 Å². The average molecular weight is 487 g/mol. The van der Waals surface area contributed by atoms with Crippen molar-refractivity contribution in [2.45, 2.75) is 30.1 Å². The molecule has 0 saturated carbocycles. The summed E-state index contributed by atoms with van der Waals surface area (Å²) in [6, 6.07) is 18.5. The quantitative estimate of drug-likeness (QED) is 0.311. The number of hydrogen-bond donors (Lipinski definition) is 1. The Bertz CT molecular complexity index is 1320. The van der Waals surface area contributed by atoms with Crippen LogP contribution in [0.15, 0.2) is 76.5 Å². The number of aryl methyl sites for hydroxylation is 1. The minimum Gasteiger partial charge on any atom is -0.483 e. The molecule has 0 spiro atoms. The molecule has 170 valence electrons. The lowest BCUT2D eigenvalue weighted by atomic mass is 9.89. The molecule has 0 amide bonds. The Morgan fingerprint density at radius 3 is 2.18 bits per heavy atom. The van der Waals surface area contributed by atoms with Crippen molar-refractivity contribution >= 4 is 39.6 Å². The zero-order chi connectivity index (χ0) is 24.1. The van der Waals surface area contributed by atoms with Gasteiger partial charge < -0.3 is 5.11 Å². The molecule has 0 aliphatic carbocycles. The fraction of sp³-hybridized carbons (Fsp3) is 0.115. The fourth-order valence-corrected chi connectivity index (χ4v) is 5.07. The molecule has 0 heterocycles. The highest BCUT2D eigenvalue weighted by Gasteiger charge is 2.18. The van der Waals surface area contributed by atoms with Crippen LogP contribution in [0.3, 0.4) is 0 Å². The summed E-state index contributed by atoms with van der Waals surface area (Å²) in [5, 5.41) is 9.67. The van der Waals surface area contributed by atoms with E-state index in [0.29, 0.717) is 9.92 Å². The number of carbonyl (C=O) groups is 1. The third-order valence-electron chi connectivity index (χ3n) is 5.31. The molecule has 1 atom stereocenters. The number of fused-ring (bicyclic) bond motifs is 1. The summed E-state index contributed by atoms with van der Waals surface area (Å²) in [6.07, 6.45) is 0.895. The van der Waals surface area contributed by atoms with Crippen LogP contribution in [-0.2, 0) is 22.0 Å². The SMILES string of the molecule is CCc1cc2ccc(Cl)cc2c(-c2ccc(S(=O)c3c(F)cccc3F)cc2)c1C.O=CO. The lowest BCUT2D eigenvalue weighted by molar-refractivity contribution is -0.122. The van der Waals surface area contributed by atoms with E-state index in [0.717, 1.165) is 46.0 Å². The fourth-order valence-electron chi connectivity index (χ4n) is 3.79. The van der Waals surface area contributed by atoms with E-state index in [2.05, 4.69) is 19.9 Å². The van der Waals surface area contributed by atoms with Crippen molar-refractivity contribution in [1.82, 2.24) is 0 Å². The first-order chi connectivity index (χ1) is 15.8. The van der Waals surface area contributed by atoms with E-state index in [4.69, 9.17) is 21.5 Å². The molecular formula is C26H21ClF2O3S. The molecule has 0 aliphatic heterocycles. The van der Waals surface area contributed by atoms with Crippen LogP contribution in [0.1, 0.15) is 18.1 Å². The Balaban J connectivity index is 0.000000968.